The molecule has 1 aromatic heterocycles. The van der Waals surface area contributed by atoms with Gasteiger partial charge in [-0.2, -0.15) is 0 Å². The summed E-state index contributed by atoms with van der Waals surface area (Å²) < 4.78 is 11.0. The second-order valence-electron chi connectivity index (χ2n) is 5.06. The molecule has 0 aliphatic carbocycles. The maximum absolute atomic E-state index is 12.3. The molecule has 3 aromatic rings. The van der Waals surface area contributed by atoms with Gasteiger partial charge in [-0.25, -0.2) is 0 Å². The maximum Gasteiger partial charge on any atom is 0.291 e. The Kier molecular flexibility index (Phi) is 4.87. The lowest BCUT2D eigenvalue weighted by atomic mass is 10.2. The van der Waals surface area contributed by atoms with Crippen molar-refractivity contribution >= 4 is 23.2 Å². The Morgan fingerprint density at radius 3 is 2.54 bits per heavy atom. The van der Waals surface area contributed by atoms with Crippen LogP contribution in [0.5, 0.6) is 5.75 Å². The van der Waals surface area contributed by atoms with Gasteiger partial charge in [0.05, 0.1) is 11.6 Å². The van der Waals surface area contributed by atoms with Crippen LogP contribution in [0.4, 0.5) is 5.69 Å². The standard InChI is InChI=1S/C19H16ClNO3/c1-2-23-14-9-7-13(8-10-14)21-19(22)18-12-11-17(24-18)15-5-3-4-6-16(15)20/h3-12H,2H2,1H3,(H,21,22). The lowest BCUT2D eigenvalue weighted by molar-refractivity contribution is 0.0997. The number of rotatable bonds is 5. The minimum atomic E-state index is -0.322. The second-order valence-corrected chi connectivity index (χ2v) is 5.46. The first-order valence-electron chi connectivity index (χ1n) is 7.56. The number of amides is 1. The number of hydrogen-bond donors (Lipinski definition) is 1. The minimum absolute atomic E-state index is 0.221. The van der Waals surface area contributed by atoms with Gasteiger partial charge >= 0.3 is 0 Å². The van der Waals surface area contributed by atoms with Crippen molar-refractivity contribution in [3.63, 3.8) is 0 Å². The largest absolute Gasteiger partial charge is 0.494 e. The van der Waals surface area contributed by atoms with E-state index in [2.05, 4.69) is 5.32 Å². The maximum atomic E-state index is 12.3. The fraction of sp³-hybridized carbons (Fsp3) is 0.105. The monoisotopic (exact) mass is 341 g/mol. The second kappa shape index (κ2) is 7.23. The lowest BCUT2D eigenvalue weighted by Gasteiger charge is -2.06. The highest BCUT2D eigenvalue weighted by Crippen LogP contribution is 2.29. The van der Waals surface area contributed by atoms with Crippen molar-refractivity contribution in [1.82, 2.24) is 0 Å². The zero-order valence-corrected chi connectivity index (χ0v) is 13.8. The zero-order chi connectivity index (χ0) is 16.9. The predicted octanol–water partition coefficient (Wildman–Crippen LogP) is 5.25. The molecule has 24 heavy (non-hydrogen) atoms. The van der Waals surface area contributed by atoms with Crippen molar-refractivity contribution in [3.05, 3.63) is 71.4 Å². The molecule has 0 saturated heterocycles. The molecule has 1 amide bonds. The first kappa shape index (κ1) is 16.1. The number of ether oxygens (including phenoxy) is 1. The van der Waals surface area contributed by atoms with Crippen LogP contribution < -0.4 is 10.1 Å². The minimum Gasteiger partial charge on any atom is -0.494 e. The Labute approximate surface area is 145 Å². The van der Waals surface area contributed by atoms with Crippen LogP contribution in [0.3, 0.4) is 0 Å². The van der Waals surface area contributed by atoms with Gasteiger partial charge in [-0.1, -0.05) is 23.7 Å². The van der Waals surface area contributed by atoms with Gasteiger partial charge in [0.15, 0.2) is 5.76 Å². The van der Waals surface area contributed by atoms with E-state index >= 15 is 0 Å². The Bertz CT molecular complexity index is 840. The van der Waals surface area contributed by atoms with Gasteiger partial charge < -0.3 is 14.5 Å². The van der Waals surface area contributed by atoms with Crippen LogP contribution >= 0.6 is 11.6 Å². The Balaban J connectivity index is 1.73. The van der Waals surface area contributed by atoms with E-state index in [0.29, 0.717) is 23.1 Å². The van der Waals surface area contributed by atoms with Crippen molar-refractivity contribution in [2.45, 2.75) is 6.92 Å². The third kappa shape index (κ3) is 3.60. The van der Waals surface area contributed by atoms with E-state index < -0.39 is 0 Å². The van der Waals surface area contributed by atoms with Crippen molar-refractivity contribution in [2.24, 2.45) is 0 Å². The molecule has 4 nitrogen and oxygen atoms in total. The van der Waals surface area contributed by atoms with E-state index in [1.54, 1.807) is 42.5 Å². The number of hydrogen-bond acceptors (Lipinski definition) is 3. The summed E-state index contributed by atoms with van der Waals surface area (Å²) in [6.45, 7) is 2.52. The van der Waals surface area contributed by atoms with E-state index in [1.165, 1.54) is 0 Å². The first-order valence-corrected chi connectivity index (χ1v) is 7.94. The Hall–Kier alpha value is -2.72. The quantitative estimate of drug-likeness (QED) is 0.689. The molecule has 0 unspecified atom stereocenters. The van der Waals surface area contributed by atoms with Crippen molar-refractivity contribution < 1.29 is 13.9 Å². The molecule has 0 aliphatic heterocycles. The highest BCUT2D eigenvalue weighted by atomic mass is 35.5. The molecule has 1 N–H and O–H groups in total. The normalized spacial score (nSPS) is 10.4. The van der Waals surface area contributed by atoms with Gasteiger partial charge in [0.2, 0.25) is 0 Å². The van der Waals surface area contributed by atoms with Crippen LogP contribution in [0.15, 0.2) is 65.1 Å². The highest BCUT2D eigenvalue weighted by molar-refractivity contribution is 6.33. The summed E-state index contributed by atoms with van der Waals surface area (Å²) in [5.41, 5.74) is 1.42. The molecule has 1 heterocycles. The molecule has 0 aliphatic rings. The summed E-state index contributed by atoms with van der Waals surface area (Å²) in [6.07, 6.45) is 0. The van der Waals surface area contributed by atoms with Crippen LogP contribution in [0.2, 0.25) is 5.02 Å². The van der Waals surface area contributed by atoms with Crippen LogP contribution in [0.25, 0.3) is 11.3 Å². The average molecular weight is 342 g/mol. The average Bonchev–Trinajstić information content (AvgIpc) is 3.07. The number of furan rings is 1. The smallest absolute Gasteiger partial charge is 0.291 e. The molecule has 3 rings (SSSR count). The first-order chi connectivity index (χ1) is 11.7. The van der Waals surface area contributed by atoms with E-state index in [-0.39, 0.29) is 11.7 Å². The molecular formula is C19H16ClNO3. The summed E-state index contributed by atoms with van der Waals surface area (Å²) in [6, 6.07) is 17.8. The van der Waals surface area contributed by atoms with E-state index in [0.717, 1.165) is 11.3 Å². The van der Waals surface area contributed by atoms with Gasteiger partial charge in [0.1, 0.15) is 11.5 Å². The molecular weight excluding hydrogens is 326 g/mol. The van der Waals surface area contributed by atoms with Crippen LogP contribution in [0.1, 0.15) is 17.5 Å². The van der Waals surface area contributed by atoms with Gasteiger partial charge in [-0.15, -0.1) is 0 Å². The molecule has 0 spiro atoms. The van der Waals surface area contributed by atoms with Gasteiger partial charge in [-0.3, -0.25) is 4.79 Å². The molecule has 0 atom stereocenters. The van der Waals surface area contributed by atoms with Crippen molar-refractivity contribution in [2.75, 3.05) is 11.9 Å². The molecule has 5 heteroatoms. The molecule has 0 bridgehead atoms. The molecule has 0 radical (unpaired) electrons. The third-order valence-electron chi connectivity index (χ3n) is 3.39. The fourth-order valence-corrected chi connectivity index (χ4v) is 2.49. The van der Waals surface area contributed by atoms with Crippen LogP contribution in [0, 0.1) is 0 Å². The number of carbonyl (C=O) groups excluding carboxylic acids is 1. The predicted molar refractivity (Wildman–Crippen MR) is 94.7 cm³/mol. The number of nitrogens with one attached hydrogen (secondary N) is 1. The summed E-state index contributed by atoms with van der Waals surface area (Å²) >= 11 is 6.15. The van der Waals surface area contributed by atoms with E-state index in [1.807, 2.05) is 25.1 Å². The Morgan fingerprint density at radius 1 is 1.08 bits per heavy atom. The number of halogens is 1. The zero-order valence-electron chi connectivity index (χ0n) is 13.1. The highest BCUT2D eigenvalue weighted by Gasteiger charge is 2.14. The Morgan fingerprint density at radius 2 is 1.83 bits per heavy atom. The third-order valence-corrected chi connectivity index (χ3v) is 3.72. The number of benzene rings is 2. The number of anilines is 1. The number of carbonyl (C=O) groups is 1. The van der Waals surface area contributed by atoms with Gasteiger partial charge in [-0.05, 0) is 55.5 Å². The van der Waals surface area contributed by atoms with Crippen molar-refractivity contribution in [1.29, 1.82) is 0 Å². The molecule has 122 valence electrons. The fourth-order valence-electron chi connectivity index (χ4n) is 2.26. The molecule has 0 fully saturated rings. The summed E-state index contributed by atoms with van der Waals surface area (Å²) in [5, 5.41) is 3.36. The van der Waals surface area contributed by atoms with Gasteiger partial charge in [0, 0.05) is 11.3 Å². The molecule has 2 aromatic carbocycles. The summed E-state index contributed by atoms with van der Waals surface area (Å²) in [7, 11) is 0. The van der Waals surface area contributed by atoms with Crippen LogP contribution in [-0.4, -0.2) is 12.5 Å². The topological polar surface area (TPSA) is 51.5 Å². The summed E-state index contributed by atoms with van der Waals surface area (Å²) in [4.78, 5) is 12.3. The van der Waals surface area contributed by atoms with E-state index in [9.17, 15) is 4.79 Å². The van der Waals surface area contributed by atoms with Gasteiger partial charge in [0.25, 0.3) is 5.91 Å². The lowest BCUT2D eigenvalue weighted by Crippen LogP contribution is -2.10. The molecule has 0 saturated carbocycles. The summed E-state index contributed by atoms with van der Waals surface area (Å²) in [5.74, 6) is 1.21. The van der Waals surface area contributed by atoms with E-state index in [4.69, 9.17) is 20.8 Å². The SMILES string of the molecule is CCOc1ccc(NC(=O)c2ccc(-c3ccccc3Cl)o2)cc1. The van der Waals surface area contributed by atoms with Crippen molar-refractivity contribution in [3.8, 4) is 17.1 Å². The van der Waals surface area contributed by atoms with Crippen LogP contribution in [-0.2, 0) is 0 Å².